The van der Waals surface area contributed by atoms with E-state index < -0.39 is 22.8 Å². The molecule has 10 nitrogen and oxygen atoms in total. The SMILES string of the molecule is CCOC(=O)c1c[nH]c2ccc(-n3cc(C(=O)OCC)c(=O)c4nc(Cl)ccc43)nc2c1=O. The van der Waals surface area contributed by atoms with Gasteiger partial charge < -0.3 is 14.5 Å². The quantitative estimate of drug-likeness (QED) is 0.349. The summed E-state index contributed by atoms with van der Waals surface area (Å²) < 4.78 is 11.3. The second kappa shape index (κ2) is 8.83. The summed E-state index contributed by atoms with van der Waals surface area (Å²) in [6.45, 7) is 3.43. The number of carbonyl (C=O) groups is 2. The second-order valence-electron chi connectivity index (χ2n) is 6.78. The zero-order chi connectivity index (χ0) is 23.7. The van der Waals surface area contributed by atoms with Crippen molar-refractivity contribution in [3.63, 3.8) is 0 Å². The molecule has 0 aliphatic rings. The third-order valence-corrected chi connectivity index (χ3v) is 4.98. The molecular formula is C22H17ClN4O6. The molecular weight excluding hydrogens is 452 g/mol. The Morgan fingerprint density at radius 1 is 0.939 bits per heavy atom. The number of aromatic amines is 1. The fraction of sp³-hybridized carbons (Fsp3) is 0.182. The van der Waals surface area contributed by atoms with Crippen LogP contribution in [0, 0.1) is 0 Å². The summed E-state index contributed by atoms with van der Waals surface area (Å²) in [7, 11) is 0. The first-order valence-corrected chi connectivity index (χ1v) is 10.3. The predicted molar refractivity (Wildman–Crippen MR) is 120 cm³/mol. The molecule has 0 fully saturated rings. The van der Waals surface area contributed by atoms with E-state index in [1.807, 2.05) is 0 Å². The fourth-order valence-electron chi connectivity index (χ4n) is 3.29. The van der Waals surface area contributed by atoms with Crippen molar-refractivity contribution >= 4 is 45.6 Å². The Balaban J connectivity index is 2.00. The van der Waals surface area contributed by atoms with E-state index >= 15 is 0 Å². The molecule has 4 aromatic heterocycles. The zero-order valence-electron chi connectivity index (χ0n) is 17.5. The van der Waals surface area contributed by atoms with Crippen LogP contribution in [0.1, 0.15) is 34.6 Å². The van der Waals surface area contributed by atoms with E-state index in [1.54, 1.807) is 32.0 Å². The van der Waals surface area contributed by atoms with Crippen LogP contribution in [0.3, 0.4) is 0 Å². The molecule has 33 heavy (non-hydrogen) atoms. The van der Waals surface area contributed by atoms with E-state index in [2.05, 4.69) is 15.0 Å². The number of hydrogen-bond acceptors (Lipinski definition) is 8. The number of nitrogens with one attached hydrogen (secondary N) is 1. The molecule has 0 saturated carbocycles. The highest BCUT2D eigenvalue weighted by molar-refractivity contribution is 6.29. The molecule has 0 atom stereocenters. The van der Waals surface area contributed by atoms with E-state index in [1.165, 1.54) is 23.0 Å². The summed E-state index contributed by atoms with van der Waals surface area (Å²) in [5, 5.41) is 0.0640. The Morgan fingerprint density at radius 3 is 2.30 bits per heavy atom. The van der Waals surface area contributed by atoms with Crippen molar-refractivity contribution in [1.29, 1.82) is 0 Å². The maximum Gasteiger partial charge on any atom is 0.343 e. The standard InChI is InChI=1S/C22H17ClN4O6/c1-3-32-21(30)11-9-24-13-5-8-16(26-17(13)19(11)28)27-10-12(22(31)33-4-2)20(29)18-14(27)6-7-15(23)25-18/h5-10H,3-4H2,1-2H3,(H,24,28). The van der Waals surface area contributed by atoms with Crippen molar-refractivity contribution in [2.24, 2.45) is 0 Å². The second-order valence-corrected chi connectivity index (χ2v) is 7.17. The van der Waals surface area contributed by atoms with Crippen LogP contribution in [0.25, 0.3) is 27.9 Å². The summed E-state index contributed by atoms with van der Waals surface area (Å²) in [6, 6.07) is 6.20. The predicted octanol–water partition coefficient (Wildman–Crippen LogP) is 2.63. The van der Waals surface area contributed by atoms with Gasteiger partial charge in [-0.25, -0.2) is 19.6 Å². The van der Waals surface area contributed by atoms with Crippen LogP contribution in [-0.4, -0.2) is 44.7 Å². The third-order valence-electron chi connectivity index (χ3n) is 4.77. The number of halogens is 1. The van der Waals surface area contributed by atoms with Gasteiger partial charge in [0.25, 0.3) is 0 Å². The third kappa shape index (κ3) is 3.96. The number of pyridine rings is 4. The van der Waals surface area contributed by atoms with Gasteiger partial charge in [-0.15, -0.1) is 0 Å². The number of fused-ring (bicyclic) bond motifs is 2. The Labute approximate surface area is 190 Å². The van der Waals surface area contributed by atoms with E-state index in [-0.39, 0.29) is 46.3 Å². The zero-order valence-corrected chi connectivity index (χ0v) is 18.3. The minimum absolute atomic E-state index is 0.0236. The number of esters is 2. The number of H-pyrrole nitrogens is 1. The molecule has 4 aromatic rings. The number of nitrogens with zero attached hydrogens (tertiary/aromatic N) is 3. The molecule has 0 bridgehead atoms. The van der Waals surface area contributed by atoms with Crippen molar-refractivity contribution in [2.75, 3.05) is 13.2 Å². The van der Waals surface area contributed by atoms with Crippen LogP contribution in [0.2, 0.25) is 5.15 Å². The van der Waals surface area contributed by atoms with Gasteiger partial charge in [0.1, 0.15) is 33.1 Å². The highest BCUT2D eigenvalue weighted by Gasteiger charge is 2.20. The molecule has 0 radical (unpaired) electrons. The molecule has 0 spiro atoms. The lowest BCUT2D eigenvalue weighted by Crippen LogP contribution is -2.22. The van der Waals surface area contributed by atoms with Crippen LogP contribution in [-0.2, 0) is 9.47 Å². The lowest BCUT2D eigenvalue weighted by Gasteiger charge is -2.13. The van der Waals surface area contributed by atoms with Gasteiger partial charge in [-0.1, -0.05) is 11.6 Å². The topological polar surface area (TPSA) is 133 Å². The van der Waals surface area contributed by atoms with E-state index in [0.29, 0.717) is 11.0 Å². The van der Waals surface area contributed by atoms with Crippen LogP contribution < -0.4 is 10.9 Å². The molecule has 4 heterocycles. The normalized spacial score (nSPS) is 11.0. The van der Waals surface area contributed by atoms with Crippen LogP contribution in [0.5, 0.6) is 0 Å². The summed E-state index contributed by atoms with van der Waals surface area (Å²) >= 11 is 5.97. The van der Waals surface area contributed by atoms with Crippen LogP contribution >= 0.6 is 11.6 Å². The molecule has 0 saturated heterocycles. The van der Waals surface area contributed by atoms with Gasteiger partial charge in [0, 0.05) is 12.4 Å². The molecule has 0 aliphatic heterocycles. The number of carbonyl (C=O) groups excluding carboxylic acids is 2. The Bertz CT molecular complexity index is 1540. The summed E-state index contributed by atoms with van der Waals surface area (Å²) in [4.78, 5) is 61.6. The number of rotatable bonds is 5. The molecule has 0 amide bonds. The first-order chi connectivity index (χ1) is 15.8. The summed E-state index contributed by atoms with van der Waals surface area (Å²) in [5.41, 5.74) is -1.13. The molecule has 0 aromatic carbocycles. The van der Waals surface area contributed by atoms with Crippen molar-refractivity contribution < 1.29 is 19.1 Å². The first kappa shape index (κ1) is 22.2. The highest BCUT2D eigenvalue weighted by atomic mass is 35.5. The van der Waals surface area contributed by atoms with Crippen LogP contribution in [0.4, 0.5) is 0 Å². The Morgan fingerprint density at radius 2 is 1.61 bits per heavy atom. The van der Waals surface area contributed by atoms with Crippen molar-refractivity contribution in [3.8, 4) is 5.82 Å². The molecule has 11 heteroatoms. The monoisotopic (exact) mass is 468 g/mol. The minimum Gasteiger partial charge on any atom is -0.462 e. The summed E-state index contributed by atoms with van der Waals surface area (Å²) in [5.74, 6) is -1.40. The smallest absolute Gasteiger partial charge is 0.343 e. The molecule has 168 valence electrons. The number of aromatic nitrogens is 4. The van der Waals surface area contributed by atoms with Crippen LogP contribution in [0.15, 0.2) is 46.2 Å². The van der Waals surface area contributed by atoms with Gasteiger partial charge in [0.2, 0.25) is 10.9 Å². The fourth-order valence-corrected chi connectivity index (χ4v) is 3.44. The first-order valence-electron chi connectivity index (χ1n) is 9.94. The van der Waals surface area contributed by atoms with Crippen molar-refractivity contribution in [2.45, 2.75) is 13.8 Å². The number of ether oxygens (including phenoxy) is 2. The maximum absolute atomic E-state index is 12.9. The molecule has 0 unspecified atom stereocenters. The largest absolute Gasteiger partial charge is 0.462 e. The van der Waals surface area contributed by atoms with Crippen molar-refractivity contribution in [1.82, 2.24) is 19.5 Å². The van der Waals surface area contributed by atoms with Gasteiger partial charge in [-0.05, 0) is 38.1 Å². The molecule has 0 aliphatic carbocycles. The summed E-state index contributed by atoms with van der Waals surface area (Å²) in [6.07, 6.45) is 2.54. The average molecular weight is 469 g/mol. The van der Waals surface area contributed by atoms with Crippen molar-refractivity contribution in [3.05, 3.63) is 73.4 Å². The van der Waals surface area contributed by atoms with E-state index in [0.717, 1.165) is 0 Å². The van der Waals surface area contributed by atoms with Gasteiger partial charge in [0.15, 0.2) is 0 Å². The van der Waals surface area contributed by atoms with E-state index in [4.69, 9.17) is 21.1 Å². The average Bonchev–Trinajstić information content (AvgIpc) is 2.80. The maximum atomic E-state index is 12.9. The Kier molecular flexibility index (Phi) is 5.93. The van der Waals surface area contributed by atoms with Gasteiger partial charge >= 0.3 is 11.9 Å². The minimum atomic E-state index is -0.830. The highest BCUT2D eigenvalue weighted by Crippen LogP contribution is 2.19. The lowest BCUT2D eigenvalue weighted by atomic mass is 10.2. The van der Waals surface area contributed by atoms with E-state index in [9.17, 15) is 19.2 Å². The molecule has 4 rings (SSSR count). The lowest BCUT2D eigenvalue weighted by molar-refractivity contribution is 0.0515. The Hall–Kier alpha value is -4.05. The van der Waals surface area contributed by atoms with Gasteiger partial charge in [0.05, 0.1) is 24.2 Å². The molecule has 1 N–H and O–H groups in total. The van der Waals surface area contributed by atoms with Gasteiger partial charge in [-0.2, -0.15) is 0 Å². The number of hydrogen-bond donors (Lipinski definition) is 1. The van der Waals surface area contributed by atoms with Gasteiger partial charge in [-0.3, -0.25) is 14.2 Å².